The number of ether oxygens (including phenoxy) is 2. The van der Waals surface area contributed by atoms with Gasteiger partial charge in [-0.05, 0) is 50.1 Å². The predicted octanol–water partition coefficient (Wildman–Crippen LogP) is 5.50. The Labute approximate surface area is 193 Å². The topological polar surface area (TPSA) is 64.9 Å². The minimum Gasteiger partial charge on any atom is -0.493 e. The van der Waals surface area contributed by atoms with E-state index in [1.165, 1.54) is 0 Å². The molecular formula is C26H29NO4S. The molecule has 4 rings (SSSR count). The van der Waals surface area contributed by atoms with Gasteiger partial charge < -0.3 is 13.9 Å². The minimum atomic E-state index is -0.0739. The SMILES string of the molecule is CCc1oc(-c2ccccc2)nc1CCOc1ccc(CC(SC2OC2C)C(C)=O)cc1. The van der Waals surface area contributed by atoms with Crippen molar-refractivity contribution in [2.24, 2.45) is 0 Å². The van der Waals surface area contributed by atoms with Crippen LogP contribution in [0.15, 0.2) is 59.0 Å². The maximum atomic E-state index is 12.0. The molecule has 32 heavy (non-hydrogen) atoms. The number of nitrogens with zero attached hydrogens (tertiary/aromatic N) is 1. The van der Waals surface area contributed by atoms with E-state index in [9.17, 15) is 4.79 Å². The Kier molecular flexibility index (Phi) is 7.33. The van der Waals surface area contributed by atoms with Crippen LogP contribution in [0.5, 0.6) is 5.75 Å². The Hall–Kier alpha value is -2.57. The number of oxazole rings is 1. The fraction of sp³-hybridized carbons (Fsp3) is 0.385. The Morgan fingerprint density at radius 3 is 2.50 bits per heavy atom. The molecule has 0 saturated carbocycles. The zero-order valence-corrected chi connectivity index (χ0v) is 19.6. The molecule has 0 radical (unpaired) electrons. The van der Waals surface area contributed by atoms with Crippen LogP contribution in [0, 0.1) is 0 Å². The largest absolute Gasteiger partial charge is 0.493 e. The monoisotopic (exact) mass is 451 g/mol. The van der Waals surface area contributed by atoms with Crippen molar-refractivity contribution in [2.75, 3.05) is 6.61 Å². The number of aromatic nitrogens is 1. The summed E-state index contributed by atoms with van der Waals surface area (Å²) in [5.74, 6) is 2.56. The molecule has 3 aromatic rings. The third kappa shape index (κ3) is 5.81. The van der Waals surface area contributed by atoms with E-state index < -0.39 is 0 Å². The molecule has 0 N–H and O–H groups in total. The van der Waals surface area contributed by atoms with Crippen molar-refractivity contribution >= 4 is 17.5 Å². The van der Waals surface area contributed by atoms with Crippen LogP contribution in [0.4, 0.5) is 0 Å². The van der Waals surface area contributed by atoms with Gasteiger partial charge in [0.05, 0.1) is 23.7 Å². The first-order chi connectivity index (χ1) is 15.5. The molecule has 0 aliphatic carbocycles. The van der Waals surface area contributed by atoms with Gasteiger partial charge in [-0.15, -0.1) is 11.8 Å². The number of benzene rings is 2. The van der Waals surface area contributed by atoms with Gasteiger partial charge in [0, 0.05) is 18.4 Å². The Morgan fingerprint density at radius 2 is 1.88 bits per heavy atom. The number of hydrogen-bond donors (Lipinski definition) is 0. The van der Waals surface area contributed by atoms with Crippen LogP contribution < -0.4 is 4.74 Å². The fourth-order valence-electron chi connectivity index (χ4n) is 3.52. The summed E-state index contributed by atoms with van der Waals surface area (Å²) in [6, 6.07) is 17.9. The Morgan fingerprint density at radius 1 is 1.16 bits per heavy atom. The van der Waals surface area contributed by atoms with Crippen LogP contribution in [0.25, 0.3) is 11.5 Å². The number of aryl methyl sites for hydroxylation is 1. The molecule has 1 saturated heterocycles. The van der Waals surface area contributed by atoms with E-state index >= 15 is 0 Å². The average Bonchev–Trinajstić information content (AvgIpc) is 3.34. The minimum absolute atomic E-state index is 0.0739. The van der Waals surface area contributed by atoms with Gasteiger partial charge in [-0.1, -0.05) is 37.3 Å². The molecule has 5 nitrogen and oxygen atoms in total. The predicted molar refractivity (Wildman–Crippen MR) is 127 cm³/mol. The lowest BCUT2D eigenvalue weighted by molar-refractivity contribution is -0.116. The van der Waals surface area contributed by atoms with Gasteiger partial charge >= 0.3 is 0 Å². The molecule has 0 spiro atoms. The third-order valence-electron chi connectivity index (χ3n) is 5.48. The zero-order chi connectivity index (χ0) is 22.5. The maximum absolute atomic E-state index is 12.0. The molecule has 3 atom stereocenters. The summed E-state index contributed by atoms with van der Waals surface area (Å²) >= 11 is 1.62. The van der Waals surface area contributed by atoms with E-state index in [0.717, 1.165) is 34.8 Å². The smallest absolute Gasteiger partial charge is 0.226 e. The summed E-state index contributed by atoms with van der Waals surface area (Å²) in [4.78, 5) is 16.7. The second-order valence-electron chi connectivity index (χ2n) is 8.00. The van der Waals surface area contributed by atoms with Crippen molar-refractivity contribution in [3.8, 4) is 17.2 Å². The van der Waals surface area contributed by atoms with E-state index in [1.54, 1.807) is 18.7 Å². The lowest BCUT2D eigenvalue weighted by Crippen LogP contribution is -2.18. The van der Waals surface area contributed by atoms with Gasteiger partial charge in [0.25, 0.3) is 0 Å². The van der Waals surface area contributed by atoms with E-state index in [0.29, 0.717) is 25.3 Å². The summed E-state index contributed by atoms with van der Waals surface area (Å²) in [6.45, 7) is 6.28. The molecule has 1 aromatic heterocycles. The first-order valence-corrected chi connectivity index (χ1v) is 12.0. The van der Waals surface area contributed by atoms with Crippen molar-refractivity contribution in [1.29, 1.82) is 0 Å². The van der Waals surface area contributed by atoms with Crippen molar-refractivity contribution in [3.63, 3.8) is 0 Å². The lowest BCUT2D eigenvalue weighted by Gasteiger charge is -2.13. The van der Waals surface area contributed by atoms with Gasteiger partial charge in [-0.2, -0.15) is 0 Å². The first-order valence-electron chi connectivity index (χ1n) is 11.1. The van der Waals surface area contributed by atoms with E-state index in [1.807, 2.05) is 61.5 Å². The molecule has 0 bridgehead atoms. The van der Waals surface area contributed by atoms with Crippen molar-refractivity contribution in [2.45, 2.75) is 56.8 Å². The average molecular weight is 452 g/mol. The third-order valence-corrected chi connectivity index (χ3v) is 7.07. The maximum Gasteiger partial charge on any atom is 0.226 e. The molecule has 1 fully saturated rings. The Bertz CT molecular complexity index is 1030. The number of carbonyl (C=O) groups is 1. The number of thioether (sulfide) groups is 1. The highest BCUT2D eigenvalue weighted by atomic mass is 32.2. The van der Waals surface area contributed by atoms with Crippen LogP contribution in [0.3, 0.4) is 0 Å². The highest BCUT2D eigenvalue weighted by Gasteiger charge is 2.38. The molecule has 1 aliphatic heterocycles. The standard InChI is InChI=1S/C26H29NO4S/c1-4-23-22(27-25(31-23)20-8-6-5-7-9-20)14-15-29-21-12-10-19(11-13-21)16-24(17(2)28)32-26-18(3)30-26/h5-13,18,24,26H,4,14-16H2,1-3H3. The fourth-order valence-corrected chi connectivity index (χ4v) is 4.78. The van der Waals surface area contributed by atoms with Gasteiger partial charge in [0.15, 0.2) is 0 Å². The zero-order valence-electron chi connectivity index (χ0n) is 18.7. The van der Waals surface area contributed by atoms with Gasteiger partial charge in [0.1, 0.15) is 22.7 Å². The number of rotatable bonds is 11. The summed E-state index contributed by atoms with van der Waals surface area (Å²) in [5, 5.41) is -0.0739. The molecule has 6 heteroatoms. The van der Waals surface area contributed by atoms with Gasteiger partial charge in [-0.3, -0.25) is 4.79 Å². The number of hydrogen-bond acceptors (Lipinski definition) is 6. The van der Waals surface area contributed by atoms with Crippen LogP contribution >= 0.6 is 11.8 Å². The highest BCUT2D eigenvalue weighted by Crippen LogP contribution is 2.36. The van der Waals surface area contributed by atoms with Gasteiger partial charge in [-0.25, -0.2) is 4.98 Å². The molecule has 168 valence electrons. The molecule has 3 unspecified atom stereocenters. The van der Waals surface area contributed by atoms with Crippen molar-refractivity contribution in [1.82, 2.24) is 4.98 Å². The quantitative estimate of drug-likeness (QED) is 0.359. The molecule has 1 aliphatic rings. The summed E-state index contributed by atoms with van der Waals surface area (Å²) in [6.07, 6.45) is 2.43. The van der Waals surface area contributed by atoms with Gasteiger partial charge in [0.2, 0.25) is 5.89 Å². The second kappa shape index (κ2) is 10.4. The van der Waals surface area contributed by atoms with Crippen LogP contribution in [0.2, 0.25) is 0 Å². The second-order valence-corrected chi connectivity index (χ2v) is 9.31. The molecule has 2 aromatic carbocycles. The van der Waals surface area contributed by atoms with Crippen molar-refractivity contribution in [3.05, 3.63) is 71.6 Å². The molecular weight excluding hydrogens is 422 g/mol. The molecule has 0 amide bonds. The highest BCUT2D eigenvalue weighted by molar-refractivity contribution is 8.01. The summed E-state index contributed by atoms with van der Waals surface area (Å²) < 4.78 is 17.4. The van der Waals surface area contributed by atoms with Crippen LogP contribution in [0.1, 0.15) is 37.8 Å². The van der Waals surface area contributed by atoms with E-state index in [-0.39, 0.29) is 22.6 Å². The molecule has 2 heterocycles. The van der Waals surface area contributed by atoms with Crippen LogP contribution in [-0.2, 0) is 28.8 Å². The number of ketones is 1. The number of carbonyl (C=O) groups excluding carboxylic acids is 1. The number of epoxide rings is 1. The summed E-state index contributed by atoms with van der Waals surface area (Å²) in [7, 11) is 0. The first kappa shape index (κ1) is 22.6. The lowest BCUT2D eigenvalue weighted by atomic mass is 10.1. The van der Waals surface area contributed by atoms with Crippen molar-refractivity contribution < 1.29 is 18.7 Å². The Balaban J connectivity index is 1.31. The van der Waals surface area contributed by atoms with E-state index in [4.69, 9.17) is 13.9 Å². The summed E-state index contributed by atoms with van der Waals surface area (Å²) in [5.41, 5.74) is 3.20. The normalized spacial score (nSPS) is 18.3. The number of Topliss-reactive ketones (excluding diaryl/α,β-unsaturated/α-hetero) is 1. The van der Waals surface area contributed by atoms with E-state index in [2.05, 4.69) is 11.9 Å². The van der Waals surface area contributed by atoms with Crippen LogP contribution in [-0.4, -0.2) is 34.2 Å².